The van der Waals surface area contributed by atoms with Gasteiger partial charge in [0.2, 0.25) is 0 Å². The van der Waals surface area contributed by atoms with Crippen molar-refractivity contribution in [2.24, 2.45) is 5.92 Å². The monoisotopic (exact) mass is 362 g/mol. The number of likely N-dealkylation sites (tertiary alicyclic amines) is 1. The van der Waals surface area contributed by atoms with Gasteiger partial charge in [0.1, 0.15) is 5.60 Å². The Morgan fingerprint density at radius 2 is 2.12 bits per heavy atom. The van der Waals surface area contributed by atoms with Gasteiger partial charge in [-0.15, -0.1) is 11.3 Å². The summed E-state index contributed by atoms with van der Waals surface area (Å²) in [6.45, 7) is 8.42. The van der Waals surface area contributed by atoms with Gasteiger partial charge in [0.05, 0.1) is 27.9 Å². The summed E-state index contributed by atoms with van der Waals surface area (Å²) in [4.78, 5) is 19.1. The zero-order chi connectivity index (χ0) is 18.2. The summed E-state index contributed by atoms with van der Waals surface area (Å²) in [6.07, 6.45) is 0.610. The first kappa shape index (κ1) is 18.1. The average Bonchev–Trinajstić information content (AvgIpc) is 3.00. The van der Waals surface area contributed by atoms with E-state index < -0.39 is 5.60 Å². The van der Waals surface area contributed by atoms with E-state index in [0.29, 0.717) is 6.54 Å². The van der Waals surface area contributed by atoms with E-state index in [4.69, 9.17) is 9.47 Å². The Bertz CT molecular complexity index is 752. The number of aromatic nitrogens is 1. The van der Waals surface area contributed by atoms with Crippen molar-refractivity contribution in [3.8, 4) is 0 Å². The van der Waals surface area contributed by atoms with E-state index in [1.165, 1.54) is 0 Å². The lowest BCUT2D eigenvalue weighted by atomic mass is 9.87. The van der Waals surface area contributed by atoms with Crippen LogP contribution in [0.3, 0.4) is 0 Å². The highest BCUT2D eigenvalue weighted by Gasteiger charge is 2.38. The number of carbonyl (C=O) groups is 1. The van der Waals surface area contributed by atoms with Gasteiger partial charge in [0.25, 0.3) is 0 Å². The Hall–Kier alpha value is -1.66. The minimum atomic E-state index is -0.512. The smallest absolute Gasteiger partial charge is 0.410 e. The first-order chi connectivity index (χ1) is 11.8. The van der Waals surface area contributed by atoms with Crippen molar-refractivity contribution in [1.29, 1.82) is 0 Å². The summed E-state index contributed by atoms with van der Waals surface area (Å²) >= 11 is 1.62. The number of amides is 1. The lowest BCUT2D eigenvalue weighted by molar-refractivity contribution is -0.0416. The Kier molecular flexibility index (Phi) is 5.02. The highest BCUT2D eigenvalue weighted by atomic mass is 32.1. The van der Waals surface area contributed by atoms with Gasteiger partial charge in [-0.1, -0.05) is 13.0 Å². The molecule has 2 aromatic rings. The Morgan fingerprint density at radius 1 is 1.36 bits per heavy atom. The van der Waals surface area contributed by atoms with E-state index in [1.807, 2.05) is 31.2 Å². The maximum atomic E-state index is 12.8. The fourth-order valence-electron chi connectivity index (χ4n) is 3.38. The predicted molar refractivity (Wildman–Crippen MR) is 99.9 cm³/mol. The van der Waals surface area contributed by atoms with Crippen molar-refractivity contribution in [3.05, 3.63) is 29.3 Å². The van der Waals surface area contributed by atoms with Crippen LogP contribution in [0.2, 0.25) is 0 Å². The van der Waals surface area contributed by atoms with Crippen LogP contribution in [-0.2, 0) is 9.47 Å². The number of thiazole rings is 1. The molecule has 1 aliphatic rings. The summed E-state index contributed by atoms with van der Waals surface area (Å²) in [5.74, 6) is 0.261. The fourth-order valence-corrected chi connectivity index (χ4v) is 4.04. The highest BCUT2D eigenvalue weighted by molar-refractivity contribution is 7.16. The first-order valence-corrected chi connectivity index (χ1v) is 9.52. The molecule has 1 aromatic carbocycles. The molecule has 0 bridgehead atoms. The number of ether oxygens (including phenoxy) is 2. The molecule has 1 aromatic heterocycles. The molecule has 136 valence electrons. The summed E-state index contributed by atoms with van der Waals surface area (Å²) in [5, 5.41) is 0. The molecule has 1 aliphatic heterocycles. The average molecular weight is 362 g/mol. The van der Waals surface area contributed by atoms with E-state index >= 15 is 0 Å². The second-order valence-corrected chi connectivity index (χ2v) is 8.60. The molecule has 1 fully saturated rings. The van der Waals surface area contributed by atoms with Crippen LogP contribution in [0.15, 0.2) is 23.7 Å². The topological polar surface area (TPSA) is 51.7 Å². The SMILES string of the molecule is COC1C[C@@H](c2ccc3scnc3c2)N(C(=O)OC(C)(C)C)CC1C. The minimum absolute atomic E-state index is 0.0675. The van der Waals surface area contributed by atoms with E-state index in [-0.39, 0.29) is 24.2 Å². The van der Waals surface area contributed by atoms with Gasteiger partial charge in [-0.05, 0) is 44.9 Å². The summed E-state index contributed by atoms with van der Waals surface area (Å²) < 4.78 is 12.5. The summed E-state index contributed by atoms with van der Waals surface area (Å²) in [5.41, 5.74) is 3.39. The van der Waals surface area contributed by atoms with E-state index in [9.17, 15) is 4.79 Å². The van der Waals surface area contributed by atoms with Crippen LogP contribution in [0, 0.1) is 5.92 Å². The zero-order valence-corrected chi connectivity index (χ0v) is 16.3. The van der Waals surface area contributed by atoms with Gasteiger partial charge in [-0.3, -0.25) is 0 Å². The van der Waals surface area contributed by atoms with E-state index in [1.54, 1.807) is 18.4 Å². The van der Waals surface area contributed by atoms with Crippen LogP contribution < -0.4 is 0 Å². The molecule has 0 radical (unpaired) electrons. The van der Waals surface area contributed by atoms with Gasteiger partial charge in [0.15, 0.2) is 0 Å². The van der Waals surface area contributed by atoms with Crippen molar-refractivity contribution in [2.45, 2.75) is 51.9 Å². The molecule has 1 amide bonds. The van der Waals surface area contributed by atoms with Crippen LogP contribution >= 0.6 is 11.3 Å². The quantitative estimate of drug-likeness (QED) is 0.781. The zero-order valence-electron chi connectivity index (χ0n) is 15.5. The third-order valence-electron chi connectivity index (χ3n) is 4.62. The van der Waals surface area contributed by atoms with Crippen LogP contribution in [0.4, 0.5) is 4.79 Å². The molecule has 2 unspecified atom stereocenters. The first-order valence-electron chi connectivity index (χ1n) is 8.64. The molecule has 2 heterocycles. The van der Waals surface area contributed by atoms with Crippen molar-refractivity contribution < 1.29 is 14.3 Å². The molecular formula is C19H26N2O3S. The van der Waals surface area contributed by atoms with Crippen LogP contribution in [-0.4, -0.2) is 41.3 Å². The maximum Gasteiger partial charge on any atom is 0.410 e. The molecule has 5 nitrogen and oxygen atoms in total. The van der Waals surface area contributed by atoms with Gasteiger partial charge in [-0.2, -0.15) is 0 Å². The standard InChI is InChI=1S/C19H26N2O3S/c1-12-10-21(18(22)24-19(2,3)4)15(9-16(12)23-5)13-6-7-17-14(8-13)20-11-25-17/h6-8,11-12,15-16H,9-10H2,1-5H3/t12?,15-,16?/m0/s1. The number of hydrogen-bond donors (Lipinski definition) is 0. The van der Waals surface area contributed by atoms with Crippen molar-refractivity contribution >= 4 is 27.6 Å². The van der Waals surface area contributed by atoms with Crippen molar-refractivity contribution in [1.82, 2.24) is 9.88 Å². The molecule has 3 atom stereocenters. The van der Waals surface area contributed by atoms with Crippen molar-refractivity contribution in [2.75, 3.05) is 13.7 Å². The Balaban J connectivity index is 1.93. The van der Waals surface area contributed by atoms with Gasteiger partial charge < -0.3 is 14.4 Å². The number of nitrogens with zero attached hydrogens (tertiary/aromatic N) is 2. The van der Waals surface area contributed by atoms with E-state index in [2.05, 4.69) is 30.1 Å². The number of hydrogen-bond acceptors (Lipinski definition) is 5. The molecule has 25 heavy (non-hydrogen) atoms. The number of benzene rings is 1. The number of fused-ring (bicyclic) bond motifs is 1. The lowest BCUT2D eigenvalue weighted by Crippen LogP contribution is -2.49. The molecule has 0 aliphatic carbocycles. The largest absolute Gasteiger partial charge is 0.444 e. The second-order valence-electron chi connectivity index (χ2n) is 7.72. The molecule has 6 heteroatoms. The normalized spacial score (nSPS) is 24.5. The summed E-state index contributed by atoms with van der Waals surface area (Å²) in [7, 11) is 1.74. The van der Waals surface area contributed by atoms with E-state index in [0.717, 1.165) is 22.2 Å². The number of rotatable bonds is 2. The number of methoxy groups -OCH3 is 1. The van der Waals surface area contributed by atoms with Gasteiger partial charge >= 0.3 is 6.09 Å². The second kappa shape index (κ2) is 6.92. The fraction of sp³-hybridized carbons (Fsp3) is 0.579. The number of carbonyl (C=O) groups excluding carboxylic acids is 1. The minimum Gasteiger partial charge on any atom is -0.444 e. The molecule has 1 saturated heterocycles. The van der Waals surface area contributed by atoms with Crippen LogP contribution in [0.1, 0.15) is 45.7 Å². The Labute approximate surface area is 152 Å². The van der Waals surface area contributed by atoms with Crippen LogP contribution in [0.5, 0.6) is 0 Å². The van der Waals surface area contributed by atoms with Crippen LogP contribution in [0.25, 0.3) is 10.2 Å². The molecule has 0 N–H and O–H groups in total. The van der Waals surface area contributed by atoms with Gasteiger partial charge in [-0.25, -0.2) is 9.78 Å². The van der Waals surface area contributed by atoms with Crippen molar-refractivity contribution in [3.63, 3.8) is 0 Å². The predicted octanol–water partition coefficient (Wildman–Crippen LogP) is 4.63. The summed E-state index contributed by atoms with van der Waals surface area (Å²) in [6, 6.07) is 6.18. The highest BCUT2D eigenvalue weighted by Crippen LogP contribution is 2.37. The molecular weight excluding hydrogens is 336 g/mol. The maximum absolute atomic E-state index is 12.8. The number of piperidine rings is 1. The Morgan fingerprint density at radius 3 is 2.80 bits per heavy atom. The van der Waals surface area contributed by atoms with Gasteiger partial charge in [0, 0.05) is 19.6 Å². The molecule has 3 rings (SSSR count). The molecule has 0 saturated carbocycles. The lowest BCUT2D eigenvalue weighted by Gasteiger charge is -2.42. The molecule has 0 spiro atoms. The third-order valence-corrected chi connectivity index (χ3v) is 5.43. The third kappa shape index (κ3) is 3.96.